The highest BCUT2D eigenvalue weighted by molar-refractivity contribution is 9.10. The Bertz CT molecular complexity index is 489. The molecule has 0 aliphatic carbocycles. The Morgan fingerprint density at radius 2 is 2.00 bits per heavy atom. The van der Waals surface area contributed by atoms with E-state index in [0.29, 0.717) is 18.7 Å². The number of benzene rings is 1. The van der Waals surface area contributed by atoms with Crippen molar-refractivity contribution in [3.63, 3.8) is 0 Å². The van der Waals surface area contributed by atoms with Gasteiger partial charge in [0.1, 0.15) is 0 Å². The highest BCUT2D eigenvalue weighted by Gasteiger charge is 2.32. The Morgan fingerprint density at radius 3 is 2.63 bits per heavy atom. The summed E-state index contributed by atoms with van der Waals surface area (Å²) in [7, 11) is -0.802. The second-order valence-electron chi connectivity index (χ2n) is 4.92. The van der Waals surface area contributed by atoms with Crippen molar-refractivity contribution in [1.29, 1.82) is 0 Å². The van der Waals surface area contributed by atoms with Crippen molar-refractivity contribution >= 4 is 32.6 Å². The van der Waals surface area contributed by atoms with Crippen molar-refractivity contribution < 1.29 is 9.00 Å². The third kappa shape index (κ3) is 3.45. The number of hydrogen-bond acceptors (Lipinski definition) is 2. The van der Waals surface area contributed by atoms with E-state index in [0.717, 1.165) is 10.0 Å². The first-order chi connectivity index (χ1) is 8.99. The van der Waals surface area contributed by atoms with Crippen molar-refractivity contribution in [2.75, 3.05) is 12.3 Å². The molecule has 0 aromatic heterocycles. The maximum absolute atomic E-state index is 12.3. The van der Waals surface area contributed by atoms with E-state index in [1.807, 2.05) is 43.0 Å². The van der Waals surface area contributed by atoms with Crippen LogP contribution < -0.4 is 0 Å². The summed E-state index contributed by atoms with van der Waals surface area (Å²) in [5.41, 5.74) is 1.01. The van der Waals surface area contributed by atoms with Crippen LogP contribution in [0.5, 0.6) is 0 Å². The fraction of sp³-hybridized carbons (Fsp3) is 0.500. The van der Waals surface area contributed by atoms with Crippen LogP contribution in [0.3, 0.4) is 0 Å². The lowest BCUT2D eigenvalue weighted by Gasteiger charge is -2.37. The molecule has 1 aromatic rings. The Balaban J connectivity index is 2.03. The van der Waals surface area contributed by atoms with Crippen LogP contribution in [0.4, 0.5) is 0 Å². The van der Waals surface area contributed by atoms with E-state index < -0.39 is 10.8 Å². The van der Waals surface area contributed by atoms with E-state index in [-0.39, 0.29) is 17.2 Å². The molecule has 1 saturated heterocycles. The van der Waals surface area contributed by atoms with Crippen LogP contribution in [0.1, 0.15) is 19.4 Å². The number of hydrogen-bond donors (Lipinski definition) is 0. The van der Waals surface area contributed by atoms with E-state index in [9.17, 15) is 9.00 Å². The molecule has 0 spiro atoms. The van der Waals surface area contributed by atoms with Gasteiger partial charge in [0, 0.05) is 33.6 Å². The van der Waals surface area contributed by atoms with Gasteiger partial charge in [0.2, 0.25) is 5.91 Å². The lowest BCUT2D eigenvalue weighted by Crippen LogP contribution is -2.52. The van der Waals surface area contributed by atoms with Crippen molar-refractivity contribution in [3.05, 3.63) is 34.3 Å². The van der Waals surface area contributed by atoms with Gasteiger partial charge in [-0.2, -0.15) is 0 Å². The van der Waals surface area contributed by atoms with Gasteiger partial charge >= 0.3 is 0 Å². The molecule has 0 saturated carbocycles. The summed E-state index contributed by atoms with van der Waals surface area (Å²) in [5, 5.41) is 0.0580. The lowest BCUT2D eigenvalue weighted by molar-refractivity contribution is -0.132. The topological polar surface area (TPSA) is 37.4 Å². The van der Waals surface area contributed by atoms with E-state index in [4.69, 9.17) is 0 Å². The van der Waals surface area contributed by atoms with Crippen LogP contribution in [0.25, 0.3) is 0 Å². The molecule has 0 radical (unpaired) electrons. The molecule has 0 bridgehead atoms. The summed E-state index contributed by atoms with van der Waals surface area (Å²) in [6.45, 7) is 4.55. The number of amides is 1. The summed E-state index contributed by atoms with van der Waals surface area (Å²) in [6, 6.07) is 7.86. The smallest absolute Gasteiger partial charge is 0.227 e. The minimum Gasteiger partial charge on any atom is -0.338 e. The maximum atomic E-state index is 12.3. The predicted molar refractivity (Wildman–Crippen MR) is 81.5 cm³/mol. The summed E-state index contributed by atoms with van der Waals surface area (Å²) < 4.78 is 12.7. The van der Waals surface area contributed by atoms with Crippen LogP contribution in [0.15, 0.2) is 28.7 Å². The van der Waals surface area contributed by atoms with Gasteiger partial charge in [-0.3, -0.25) is 9.00 Å². The van der Waals surface area contributed by atoms with Crippen molar-refractivity contribution in [2.24, 2.45) is 0 Å². The number of carbonyl (C=O) groups excluding carboxylic acids is 1. The van der Waals surface area contributed by atoms with E-state index in [1.54, 1.807) is 0 Å². The molecule has 5 heteroatoms. The second-order valence-corrected chi connectivity index (χ2v) is 7.75. The summed E-state index contributed by atoms with van der Waals surface area (Å²) in [4.78, 5) is 14.2. The first kappa shape index (κ1) is 14.7. The monoisotopic (exact) mass is 343 g/mol. The zero-order valence-corrected chi connectivity index (χ0v) is 13.5. The van der Waals surface area contributed by atoms with Crippen molar-refractivity contribution in [1.82, 2.24) is 4.90 Å². The fourth-order valence-corrected chi connectivity index (χ4v) is 3.88. The predicted octanol–water partition coefficient (Wildman–Crippen LogP) is 2.36. The quantitative estimate of drug-likeness (QED) is 0.826. The number of rotatable bonds is 2. The summed E-state index contributed by atoms with van der Waals surface area (Å²) in [6.07, 6.45) is 0.414. The van der Waals surface area contributed by atoms with Gasteiger partial charge in [-0.15, -0.1) is 0 Å². The zero-order valence-electron chi connectivity index (χ0n) is 11.1. The molecule has 19 heavy (non-hydrogen) atoms. The molecule has 2 rings (SSSR count). The Hall–Kier alpha value is -0.680. The van der Waals surface area contributed by atoms with Gasteiger partial charge in [-0.25, -0.2) is 0 Å². The molecule has 1 aliphatic heterocycles. The Morgan fingerprint density at radius 1 is 1.37 bits per heavy atom. The molecular formula is C14H18BrNO2S. The molecule has 0 unspecified atom stereocenters. The van der Waals surface area contributed by atoms with Crippen LogP contribution in [0.2, 0.25) is 0 Å². The van der Waals surface area contributed by atoms with E-state index in [1.165, 1.54) is 0 Å². The number of carbonyl (C=O) groups is 1. The molecule has 1 fully saturated rings. The zero-order chi connectivity index (χ0) is 14.0. The molecule has 1 heterocycles. The maximum Gasteiger partial charge on any atom is 0.227 e. The number of halogens is 1. The van der Waals surface area contributed by atoms with Crippen LogP contribution in [-0.2, 0) is 22.0 Å². The fourth-order valence-electron chi connectivity index (χ4n) is 2.28. The standard InChI is InChI=1S/C14H18BrNO2S/c1-10-11(2)19(18)8-7-16(10)14(17)9-12-3-5-13(15)6-4-12/h3-6,10-11H,7-9H2,1-2H3/t10-,11+,19+/m1/s1. The largest absolute Gasteiger partial charge is 0.338 e. The van der Waals surface area contributed by atoms with Gasteiger partial charge < -0.3 is 4.90 Å². The molecule has 3 atom stereocenters. The third-order valence-corrected chi connectivity index (χ3v) is 6.04. The average molecular weight is 344 g/mol. The molecular weight excluding hydrogens is 326 g/mol. The Labute approximate surface area is 125 Å². The molecule has 0 N–H and O–H groups in total. The van der Waals surface area contributed by atoms with Gasteiger partial charge in [0.05, 0.1) is 11.7 Å². The van der Waals surface area contributed by atoms with Gasteiger partial charge in [0.15, 0.2) is 0 Å². The van der Waals surface area contributed by atoms with E-state index in [2.05, 4.69) is 15.9 Å². The van der Waals surface area contributed by atoms with E-state index >= 15 is 0 Å². The van der Waals surface area contributed by atoms with Gasteiger partial charge in [-0.1, -0.05) is 28.1 Å². The third-order valence-electron chi connectivity index (χ3n) is 3.71. The summed E-state index contributed by atoms with van der Waals surface area (Å²) in [5.74, 6) is 0.718. The highest BCUT2D eigenvalue weighted by Crippen LogP contribution is 2.18. The van der Waals surface area contributed by atoms with Crippen LogP contribution in [0, 0.1) is 0 Å². The van der Waals surface area contributed by atoms with Crippen molar-refractivity contribution in [3.8, 4) is 0 Å². The van der Waals surface area contributed by atoms with Crippen LogP contribution in [-0.4, -0.2) is 38.6 Å². The second kappa shape index (κ2) is 6.18. The SMILES string of the molecule is C[C@@H]1[C@H](C)[S@@](=O)CCN1C(=O)Cc1ccc(Br)cc1. The summed E-state index contributed by atoms with van der Waals surface area (Å²) >= 11 is 3.38. The average Bonchev–Trinajstić information content (AvgIpc) is 2.39. The number of nitrogens with zero attached hydrogens (tertiary/aromatic N) is 1. The van der Waals surface area contributed by atoms with Crippen LogP contribution >= 0.6 is 15.9 Å². The van der Waals surface area contributed by atoms with Crippen molar-refractivity contribution in [2.45, 2.75) is 31.6 Å². The molecule has 3 nitrogen and oxygen atoms in total. The minimum atomic E-state index is -0.802. The normalized spacial score (nSPS) is 27.3. The lowest BCUT2D eigenvalue weighted by atomic mass is 10.1. The molecule has 1 aliphatic rings. The molecule has 1 amide bonds. The minimum absolute atomic E-state index is 0.0533. The molecule has 1 aromatic carbocycles. The Kier molecular flexibility index (Phi) is 4.79. The molecule has 104 valence electrons. The van der Waals surface area contributed by atoms with Gasteiger partial charge in [-0.05, 0) is 31.5 Å². The van der Waals surface area contributed by atoms with Gasteiger partial charge in [0.25, 0.3) is 0 Å². The highest BCUT2D eigenvalue weighted by atomic mass is 79.9. The first-order valence-electron chi connectivity index (χ1n) is 6.40. The first-order valence-corrected chi connectivity index (χ1v) is 8.57.